The molecule has 5 rings (SSSR count). The first kappa shape index (κ1) is 32.4. The number of nitrogens with zero attached hydrogens (tertiary/aromatic N) is 2. The third kappa shape index (κ3) is 8.16. The van der Waals surface area contributed by atoms with E-state index in [1.165, 1.54) is 4.90 Å². The molecule has 1 saturated heterocycles. The number of aryl methyl sites for hydroxylation is 1. The summed E-state index contributed by atoms with van der Waals surface area (Å²) in [7, 11) is 3.28. The van der Waals surface area contributed by atoms with Crippen LogP contribution in [0.5, 0.6) is 5.88 Å². The minimum absolute atomic E-state index is 0.0127. The van der Waals surface area contributed by atoms with Gasteiger partial charge in [0.15, 0.2) is 0 Å². The van der Waals surface area contributed by atoms with E-state index in [0.717, 1.165) is 51.7 Å². The Balaban J connectivity index is 1.60. The molecule has 3 aromatic carbocycles. The number of hydrogen-bond donors (Lipinski definition) is 1. The number of fused-ring (bicyclic) bond motifs is 1. The van der Waals surface area contributed by atoms with Gasteiger partial charge < -0.3 is 14.8 Å². The van der Waals surface area contributed by atoms with Crippen LogP contribution < -0.4 is 10.1 Å². The van der Waals surface area contributed by atoms with Crippen LogP contribution in [0.4, 0.5) is 18.9 Å². The molecule has 2 heterocycles. The SMILES string of the molecule is COCCCc1cc(C(c2ccc(Cl)cc2)c2ccc(Cl)cc2)cc2c(NC3CCN(CC(F)(F)F)CC3)cc(OC)nc12. The second-order valence-corrected chi connectivity index (χ2v) is 12.1. The summed E-state index contributed by atoms with van der Waals surface area (Å²) >= 11 is 12.5. The third-order valence-corrected chi connectivity index (χ3v) is 8.59. The van der Waals surface area contributed by atoms with Crippen molar-refractivity contribution in [2.45, 2.75) is 43.8 Å². The number of alkyl halides is 3. The zero-order valence-electron chi connectivity index (χ0n) is 24.8. The maximum Gasteiger partial charge on any atom is 0.401 e. The molecule has 1 N–H and O–H groups in total. The van der Waals surface area contributed by atoms with Gasteiger partial charge in [-0.15, -0.1) is 0 Å². The zero-order chi connectivity index (χ0) is 31.3. The summed E-state index contributed by atoms with van der Waals surface area (Å²) in [6.45, 7) is 0.478. The van der Waals surface area contributed by atoms with Crippen LogP contribution in [0.2, 0.25) is 10.0 Å². The number of aromatic nitrogens is 1. The Labute approximate surface area is 266 Å². The van der Waals surface area contributed by atoms with Crippen molar-refractivity contribution in [1.29, 1.82) is 0 Å². The monoisotopic (exact) mass is 645 g/mol. The number of benzene rings is 3. The van der Waals surface area contributed by atoms with E-state index in [4.69, 9.17) is 37.7 Å². The van der Waals surface area contributed by atoms with Gasteiger partial charge in [0.2, 0.25) is 5.88 Å². The molecule has 1 aliphatic rings. The van der Waals surface area contributed by atoms with Crippen molar-refractivity contribution < 1.29 is 22.6 Å². The molecule has 234 valence electrons. The molecule has 1 aromatic heterocycles. The van der Waals surface area contributed by atoms with Crippen LogP contribution in [0.3, 0.4) is 0 Å². The Kier molecular flexibility index (Phi) is 10.6. The molecule has 4 aromatic rings. The third-order valence-electron chi connectivity index (χ3n) is 8.08. The van der Waals surface area contributed by atoms with Crippen LogP contribution in [0, 0.1) is 0 Å². The van der Waals surface area contributed by atoms with Crippen molar-refractivity contribution in [1.82, 2.24) is 9.88 Å². The quantitative estimate of drug-likeness (QED) is 0.131. The normalized spacial score (nSPS) is 14.8. The van der Waals surface area contributed by atoms with Gasteiger partial charge in [-0.1, -0.05) is 53.5 Å². The number of hydrogen-bond acceptors (Lipinski definition) is 5. The van der Waals surface area contributed by atoms with Crippen molar-refractivity contribution in [3.8, 4) is 5.88 Å². The molecule has 1 fully saturated rings. The number of anilines is 1. The van der Waals surface area contributed by atoms with E-state index in [0.29, 0.717) is 48.5 Å². The van der Waals surface area contributed by atoms with Crippen LogP contribution in [-0.4, -0.2) is 62.6 Å². The first-order valence-corrected chi connectivity index (χ1v) is 15.5. The average molecular weight is 647 g/mol. The standard InChI is InChI=1S/C34H36Cl2F3N3O2/c1-43-17-3-4-24-18-25(32(22-5-9-26(35)10-6-22)23-7-11-27(36)12-8-23)19-29-30(20-31(44-2)41-33(24)29)40-28-13-15-42(16-14-28)21-34(37,38)39/h5-12,18-20,28,32H,3-4,13-17,21H2,1-2H3,(H,40,41). The fourth-order valence-corrected chi connectivity index (χ4v) is 6.24. The summed E-state index contributed by atoms with van der Waals surface area (Å²) in [4.78, 5) is 6.35. The highest BCUT2D eigenvalue weighted by Gasteiger charge is 2.32. The lowest BCUT2D eigenvalue weighted by molar-refractivity contribution is -0.147. The lowest BCUT2D eigenvalue weighted by atomic mass is 9.83. The maximum atomic E-state index is 13.0. The molecular weight excluding hydrogens is 610 g/mol. The number of likely N-dealkylation sites (tertiary alicyclic amines) is 1. The van der Waals surface area contributed by atoms with Gasteiger partial charge in [0, 0.05) is 66.0 Å². The van der Waals surface area contributed by atoms with E-state index < -0.39 is 12.7 Å². The minimum Gasteiger partial charge on any atom is -0.481 e. The summed E-state index contributed by atoms with van der Waals surface area (Å²) in [5, 5.41) is 5.90. The van der Waals surface area contributed by atoms with Gasteiger partial charge in [0.1, 0.15) is 0 Å². The summed E-state index contributed by atoms with van der Waals surface area (Å²) in [6, 6.07) is 22.0. The highest BCUT2D eigenvalue weighted by molar-refractivity contribution is 6.30. The average Bonchev–Trinajstić information content (AvgIpc) is 2.99. The van der Waals surface area contributed by atoms with E-state index in [1.807, 2.05) is 54.6 Å². The minimum atomic E-state index is -4.20. The summed E-state index contributed by atoms with van der Waals surface area (Å²) < 4.78 is 49.9. The smallest absolute Gasteiger partial charge is 0.401 e. The molecule has 5 nitrogen and oxygen atoms in total. The molecule has 0 radical (unpaired) electrons. The number of halogens is 5. The molecule has 0 unspecified atom stereocenters. The molecule has 0 saturated carbocycles. The van der Waals surface area contributed by atoms with Crippen LogP contribution >= 0.6 is 23.2 Å². The van der Waals surface area contributed by atoms with E-state index in [-0.39, 0.29) is 12.0 Å². The van der Waals surface area contributed by atoms with Gasteiger partial charge >= 0.3 is 6.18 Å². The Morgan fingerprint density at radius 1 is 0.909 bits per heavy atom. The van der Waals surface area contributed by atoms with E-state index in [2.05, 4.69) is 17.4 Å². The number of nitrogens with one attached hydrogen (secondary N) is 1. The van der Waals surface area contributed by atoms with Crippen LogP contribution in [0.15, 0.2) is 66.7 Å². The number of ether oxygens (including phenoxy) is 2. The summed E-state index contributed by atoms with van der Waals surface area (Å²) in [5.41, 5.74) is 5.96. The molecule has 0 amide bonds. The topological polar surface area (TPSA) is 46.6 Å². The van der Waals surface area contributed by atoms with E-state index in [9.17, 15) is 13.2 Å². The highest BCUT2D eigenvalue weighted by atomic mass is 35.5. The molecule has 0 bridgehead atoms. The Hall–Kier alpha value is -3.04. The molecule has 1 aliphatic heterocycles. The number of methoxy groups -OCH3 is 2. The molecular formula is C34H36Cl2F3N3O2. The van der Waals surface area contributed by atoms with Gasteiger partial charge in [-0.25, -0.2) is 4.98 Å². The maximum absolute atomic E-state index is 13.0. The van der Waals surface area contributed by atoms with Gasteiger partial charge in [-0.05, 0) is 78.3 Å². The van der Waals surface area contributed by atoms with Gasteiger partial charge in [0.05, 0.1) is 19.2 Å². The van der Waals surface area contributed by atoms with E-state index >= 15 is 0 Å². The zero-order valence-corrected chi connectivity index (χ0v) is 26.3. The lowest BCUT2D eigenvalue weighted by Crippen LogP contribution is -2.43. The first-order chi connectivity index (χ1) is 21.1. The van der Waals surface area contributed by atoms with Gasteiger partial charge in [-0.3, -0.25) is 4.90 Å². The fourth-order valence-electron chi connectivity index (χ4n) is 5.99. The number of pyridine rings is 1. The first-order valence-electron chi connectivity index (χ1n) is 14.7. The molecule has 0 atom stereocenters. The molecule has 44 heavy (non-hydrogen) atoms. The summed E-state index contributed by atoms with van der Waals surface area (Å²) in [5.74, 6) is 0.359. The molecule has 0 spiro atoms. The van der Waals surface area contributed by atoms with Crippen molar-refractivity contribution in [2.75, 3.05) is 45.8 Å². The Bertz CT molecular complexity index is 1500. The number of piperidine rings is 1. The second kappa shape index (κ2) is 14.4. The van der Waals surface area contributed by atoms with Crippen LogP contribution in [0.25, 0.3) is 10.9 Å². The summed E-state index contributed by atoms with van der Waals surface area (Å²) in [6.07, 6.45) is -1.46. The Morgan fingerprint density at radius 3 is 2.07 bits per heavy atom. The van der Waals surface area contributed by atoms with Crippen molar-refractivity contribution in [3.05, 3.63) is 99.0 Å². The highest BCUT2D eigenvalue weighted by Crippen LogP contribution is 2.39. The van der Waals surface area contributed by atoms with Crippen LogP contribution in [0.1, 0.15) is 47.4 Å². The van der Waals surface area contributed by atoms with Crippen molar-refractivity contribution in [2.24, 2.45) is 0 Å². The number of rotatable bonds is 11. The molecule has 0 aliphatic carbocycles. The predicted octanol–water partition coefficient (Wildman–Crippen LogP) is 8.75. The largest absolute Gasteiger partial charge is 0.481 e. The van der Waals surface area contributed by atoms with Crippen molar-refractivity contribution in [3.63, 3.8) is 0 Å². The molecule has 10 heteroatoms. The predicted molar refractivity (Wildman–Crippen MR) is 171 cm³/mol. The van der Waals surface area contributed by atoms with Gasteiger partial charge in [-0.2, -0.15) is 13.2 Å². The fraction of sp³-hybridized carbons (Fsp3) is 0.382. The van der Waals surface area contributed by atoms with Crippen LogP contribution in [-0.2, 0) is 11.2 Å². The Morgan fingerprint density at radius 2 is 1.52 bits per heavy atom. The van der Waals surface area contributed by atoms with Crippen molar-refractivity contribution >= 4 is 39.8 Å². The van der Waals surface area contributed by atoms with Gasteiger partial charge in [0.25, 0.3) is 0 Å². The lowest BCUT2D eigenvalue weighted by Gasteiger charge is -2.33. The van der Waals surface area contributed by atoms with E-state index in [1.54, 1.807) is 14.2 Å². The second-order valence-electron chi connectivity index (χ2n) is 11.2.